The van der Waals surface area contributed by atoms with Crippen molar-refractivity contribution in [2.24, 2.45) is 0 Å². The van der Waals surface area contributed by atoms with Gasteiger partial charge in [-0.1, -0.05) is 29.8 Å². The van der Waals surface area contributed by atoms with Gasteiger partial charge in [0.15, 0.2) is 11.3 Å². The van der Waals surface area contributed by atoms with Gasteiger partial charge in [-0.3, -0.25) is 9.10 Å². The predicted octanol–water partition coefficient (Wildman–Crippen LogP) is 4.71. The highest BCUT2D eigenvalue weighted by Crippen LogP contribution is 2.29. The van der Waals surface area contributed by atoms with Gasteiger partial charge in [0.05, 0.1) is 21.3 Å². The van der Waals surface area contributed by atoms with Gasteiger partial charge >= 0.3 is 5.97 Å². The number of para-hydroxylation sites is 1. The Morgan fingerprint density at radius 3 is 2.47 bits per heavy atom. The number of carbonyl (C=O) groups excluding carboxylic acids is 2. The van der Waals surface area contributed by atoms with E-state index in [-0.39, 0.29) is 27.9 Å². The summed E-state index contributed by atoms with van der Waals surface area (Å²) in [6, 6.07) is 15.5. The van der Waals surface area contributed by atoms with E-state index in [9.17, 15) is 18.0 Å². The lowest BCUT2D eigenvalue weighted by Gasteiger charge is -2.23. The van der Waals surface area contributed by atoms with Gasteiger partial charge < -0.3 is 14.5 Å². The number of carbonyl (C=O) groups is 2. The Balaban J connectivity index is 1.75. The second kappa shape index (κ2) is 10.2. The van der Waals surface area contributed by atoms with Crippen LogP contribution in [0.25, 0.3) is 0 Å². The fourth-order valence-electron chi connectivity index (χ4n) is 2.79. The molecule has 168 valence electrons. The van der Waals surface area contributed by atoms with Crippen molar-refractivity contribution in [3.05, 3.63) is 76.1 Å². The van der Waals surface area contributed by atoms with Crippen molar-refractivity contribution in [1.82, 2.24) is 0 Å². The van der Waals surface area contributed by atoms with E-state index in [1.165, 1.54) is 34.6 Å². The molecule has 0 spiro atoms. The highest BCUT2D eigenvalue weighted by atomic mass is 79.9. The Labute approximate surface area is 198 Å². The number of ether oxygens (including phenoxy) is 1. The first kappa shape index (κ1) is 23.8. The van der Waals surface area contributed by atoms with Gasteiger partial charge in [-0.2, -0.15) is 0 Å². The third-order valence-electron chi connectivity index (χ3n) is 4.24. The van der Waals surface area contributed by atoms with E-state index in [0.29, 0.717) is 10.4 Å². The lowest BCUT2D eigenvalue weighted by atomic mass is 10.3. The molecular weight excluding hydrogens is 524 g/mol. The van der Waals surface area contributed by atoms with Gasteiger partial charge in [0.25, 0.3) is 15.9 Å². The number of esters is 1. The van der Waals surface area contributed by atoms with Gasteiger partial charge in [0.1, 0.15) is 0 Å². The highest BCUT2D eigenvalue weighted by molar-refractivity contribution is 9.10. The third kappa shape index (κ3) is 5.50. The molecule has 0 fully saturated rings. The number of rotatable bonds is 8. The van der Waals surface area contributed by atoms with Crippen LogP contribution in [0, 0.1) is 0 Å². The summed E-state index contributed by atoms with van der Waals surface area (Å²) in [7, 11) is -3.92. The molecule has 0 aliphatic carbocycles. The number of sulfonamides is 1. The number of nitrogens with one attached hydrogen (secondary N) is 1. The van der Waals surface area contributed by atoms with Gasteiger partial charge in [-0.15, -0.1) is 0 Å². The van der Waals surface area contributed by atoms with E-state index in [2.05, 4.69) is 21.2 Å². The van der Waals surface area contributed by atoms with Crippen LogP contribution >= 0.6 is 27.5 Å². The van der Waals surface area contributed by atoms with Crippen LogP contribution in [0.2, 0.25) is 5.02 Å². The van der Waals surface area contributed by atoms with Crippen molar-refractivity contribution < 1.29 is 27.2 Å². The zero-order chi connectivity index (χ0) is 23.3. The van der Waals surface area contributed by atoms with Crippen molar-refractivity contribution in [3.8, 4) is 0 Å². The summed E-state index contributed by atoms with van der Waals surface area (Å²) in [5, 5.41) is 2.59. The van der Waals surface area contributed by atoms with Crippen LogP contribution < -0.4 is 9.62 Å². The largest absolute Gasteiger partial charge is 0.450 e. The van der Waals surface area contributed by atoms with E-state index in [1.54, 1.807) is 37.3 Å². The number of hydrogen-bond acceptors (Lipinski definition) is 6. The van der Waals surface area contributed by atoms with E-state index < -0.39 is 28.5 Å². The average Bonchev–Trinajstić information content (AvgIpc) is 3.21. The zero-order valence-corrected chi connectivity index (χ0v) is 19.9. The maximum Gasteiger partial charge on any atom is 0.374 e. The molecule has 0 saturated heterocycles. The van der Waals surface area contributed by atoms with Crippen molar-refractivity contribution in [2.75, 3.05) is 22.8 Å². The molecule has 1 N–H and O–H groups in total. The summed E-state index contributed by atoms with van der Waals surface area (Å²) < 4.78 is 37.9. The minimum atomic E-state index is -3.92. The van der Waals surface area contributed by atoms with E-state index in [0.717, 1.165) is 0 Å². The Bertz CT molecular complexity index is 1230. The maximum atomic E-state index is 13.2. The van der Waals surface area contributed by atoms with Crippen LogP contribution in [0.1, 0.15) is 17.5 Å². The number of benzene rings is 2. The quantitative estimate of drug-likeness (QED) is 0.414. The molecule has 0 atom stereocenters. The first-order valence-electron chi connectivity index (χ1n) is 9.32. The maximum absolute atomic E-state index is 13.2. The summed E-state index contributed by atoms with van der Waals surface area (Å²) >= 11 is 9.20. The zero-order valence-electron chi connectivity index (χ0n) is 16.7. The Morgan fingerprint density at radius 2 is 1.84 bits per heavy atom. The SMILES string of the molecule is CCN(c1ccccc1)S(=O)(=O)c1ccc(Cl)c(NC(=O)COC(=O)c2ccc(Br)o2)c1. The molecule has 3 rings (SSSR count). The normalized spacial score (nSPS) is 11.1. The molecule has 1 aromatic heterocycles. The van der Waals surface area contributed by atoms with Crippen LogP contribution in [0.4, 0.5) is 11.4 Å². The summed E-state index contributed by atoms with van der Waals surface area (Å²) in [4.78, 5) is 24.1. The van der Waals surface area contributed by atoms with Crippen LogP contribution in [-0.4, -0.2) is 33.4 Å². The van der Waals surface area contributed by atoms with Crippen molar-refractivity contribution in [1.29, 1.82) is 0 Å². The number of amides is 1. The van der Waals surface area contributed by atoms with Crippen LogP contribution in [0.5, 0.6) is 0 Å². The highest BCUT2D eigenvalue weighted by Gasteiger charge is 2.25. The molecule has 3 aromatic rings. The van der Waals surface area contributed by atoms with Gasteiger partial charge in [-0.05, 0) is 65.3 Å². The third-order valence-corrected chi connectivity index (χ3v) is 6.89. The minimum Gasteiger partial charge on any atom is -0.450 e. The molecule has 0 unspecified atom stereocenters. The number of nitrogens with zero attached hydrogens (tertiary/aromatic N) is 1. The van der Waals surface area contributed by atoms with Gasteiger partial charge in [0.2, 0.25) is 5.76 Å². The average molecular weight is 542 g/mol. The first-order chi connectivity index (χ1) is 15.2. The van der Waals surface area contributed by atoms with Gasteiger partial charge in [-0.25, -0.2) is 13.2 Å². The smallest absolute Gasteiger partial charge is 0.374 e. The summed E-state index contributed by atoms with van der Waals surface area (Å²) in [5.41, 5.74) is 0.575. The van der Waals surface area contributed by atoms with E-state index in [1.807, 2.05) is 0 Å². The lowest BCUT2D eigenvalue weighted by Crippen LogP contribution is -2.30. The van der Waals surface area contributed by atoms with Crippen LogP contribution in [0.3, 0.4) is 0 Å². The minimum absolute atomic E-state index is 0.0552. The molecule has 11 heteroatoms. The summed E-state index contributed by atoms with van der Waals surface area (Å²) in [5.74, 6) is -1.60. The summed E-state index contributed by atoms with van der Waals surface area (Å²) in [6.07, 6.45) is 0. The second-order valence-electron chi connectivity index (χ2n) is 6.38. The fraction of sp³-hybridized carbons (Fsp3) is 0.143. The monoisotopic (exact) mass is 540 g/mol. The number of halogens is 2. The lowest BCUT2D eigenvalue weighted by molar-refractivity contribution is -0.119. The Kier molecular flexibility index (Phi) is 7.60. The molecule has 1 amide bonds. The molecule has 1 heterocycles. The first-order valence-corrected chi connectivity index (χ1v) is 11.9. The second-order valence-corrected chi connectivity index (χ2v) is 9.43. The molecule has 8 nitrogen and oxygen atoms in total. The fourth-order valence-corrected chi connectivity index (χ4v) is 4.76. The van der Waals surface area contributed by atoms with Crippen molar-refractivity contribution in [2.45, 2.75) is 11.8 Å². The predicted molar refractivity (Wildman–Crippen MR) is 123 cm³/mol. The Hall–Kier alpha value is -2.82. The van der Waals surface area contributed by atoms with Crippen LogP contribution in [-0.2, 0) is 19.6 Å². The molecule has 0 radical (unpaired) electrons. The van der Waals surface area contributed by atoms with Crippen molar-refractivity contribution >= 4 is 60.8 Å². The molecular formula is C21H18BrClN2O6S. The Morgan fingerprint density at radius 1 is 1.12 bits per heavy atom. The molecule has 2 aromatic carbocycles. The van der Waals surface area contributed by atoms with Gasteiger partial charge in [0, 0.05) is 6.54 Å². The number of furan rings is 1. The van der Waals surface area contributed by atoms with E-state index in [4.69, 9.17) is 20.8 Å². The molecule has 0 bridgehead atoms. The van der Waals surface area contributed by atoms with Crippen LogP contribution in [0.15, 0.2) is 74.6 Å². The molecule has 0 saturated carbocycles. The summed E-state index contributed by atoms with van der Waals surface area (Å²) in [6.45, 7) is 1.31. The number of anilines is 2. The van der Waals surface area contributed by atoms with Crippen molar-refractivity contribution in [3.63, 3.8) is 0 Å². The number of hydrogen-bond donors (Lipinski definition) is 1. The molecule has 0 aliphatic rings. The standard InChI is InChI=1S/C21H18BrClN2O6S/c1-2-25(14-6-4-3-5-7-14)32(28,29)15-8-9-16(23)17(12-15)24-20(26)13-30-21(27)18-10-11-19(22)31-18/h3-12H,2,13H2,1H3,(H,24,26). The van der Waals surface area contributed by atoms with E-state index >= 15 is 0 Å². The topological polar surface area (TPSA) is 106 Å². The molecule has 32 heavy (non-hydrogen) atoms. The molecule has 0 aliphatic heterocycles.